The van der Waals surface area contributed by atoms with Gasteiger partial charge in [-0.05, 0) is 43.9 Å². The number of nitrogens with one attached hydrogen (secondary N) is 1. The van der Waals surface area contributed by atoms with Crippen LogP contribution in [0.15, 0.2) is 36.4 Å². The Bertz CT molecular complexity index is 833. The lowest BCUT2D eigenvalue weighted by Gasteiger charge is -2.30. The first-order valence-corrected chi connectivity index (χ1v) is 8.43. The fraction of sp³-hybridized carbons (Fsp3) is 0.421. The van der Waals surface area contributed by atoms with E-state index in [0.29, 0.717) is 17.7 Å². The normalized spacial score (nSPS) is 18.8. The molecule has 4 nitrogen and oxygen atoms in total. The number of alkyl halides is 3. The lowest BCUT2D eigenvalue weighted by Crippen LogP contribution is -2.43. The molecule has 2 aromatic carbocycles. The number of fused-ring (bicyclic) bond motifs is 1. The van der Waals surface area contributed by atoms with Crippen LogP contribution in [0.25, 0.3) is 10.8 Å². The summed E-state index contributed by atoms with van der Waals surface area (Å²) < 4.78 is 47.3. The molecule has 140 valence electrons. The third kappa shape index (κ3) is 3.35. The summed E-state index contributed by atoms with van der Waals surface area (Å²) in [4.78, 5) is 12.0. The lowest BCUT2D eigenvalue weighted by molar-refractivity contribution is -0.191. The number of hydrogen-bond donors (Lipinski definition) is 1. The number of ether oxygens (including phenoxy) is 1. The highest BCUT2D eigenvalue weighted by Crippen LogP contribution is 2.42. The molecule has 0 aliphatic carbocycles. The SMILES string of the molecule is CCOc1cc([C@H](N2CC(C)(C)C(=O)N2)C(F)(F)F)cc2ccccc12. The van der Waals surface area contributed by atoms with E-state index in [9.17, 15) is 18.0 Å². The summed E-state index contributed by atoms with van der Waals surface area (Å²) in [6, 6.07) is 8.13. The second-order valence-electron chi connectivity index (χ2n) is 7.07. The Balaban J connectivity index is 2.12. The van der Waals surface area contributed by atoms with Gasteiger partial charge in [0.2, 0.25) is 5.91 Å². The largest absolute Gasteiger partial charge is 0.493 e. The predicted octanol–water partition coefficient (Wildman–Crippen LogP) is 4.21. The Kier molecular flexibility index (Phi) is 4.60. The van der Waals surface area contributed by atoms with Crippen molar-refractivity contribution < 1.29 is 22.7 Å². The van der Waals surface area contributed by atoms with Gasteiger partial charge in [-0.2, -0.15) is 13.2 Å². The van der Waals surface area contributed by atoms with Crippen molar-refractivity contribution in [1.29, 1.82) is 0 Å². The highest BCUT2D eigenvalue weighted by Gasteiger charge is 2.51. The minimum absolute atomic E-state index is 0.0349. The predicted molar refractivity (Wildman–Crippen MR) is 92.5 cm³/mol. The highest BCUT2D eigenvalue weighted by molar-refractivity contribution is 5.89. The van der Waals surface area contributed by atoms with E-state index < -0.39 is 23.5 Å². The van der Waals surface area contributed by atoms with Crippen molar-refractivity contribution in [3.8, 4) is 5.75 Å². The molecule has 0 spiro atoms. The van der Waals surface area contributed by atoms with Crippen LogP contribution in [0.2, 0.25) is 0 Å². The van der Waals surface area contributed by atoms with Crippen molar-refractivity contribution >= 4 is 16.7 Å². The molecular formula is C19H21F3N2O2. The molecule has 0 aromatic heterocycles. The summed E-state index contributed by atoms with van der Waals surface area (Å²) in [5.41, 5.74) is 1.54. The second kappa shape index (κ2) is 6.46. The molecule has 1 heterocycles. The first-order valence-electron chi connectivity index (χ1n) is 8.43. The molecule has 1 amide bonds. The first-order chi connectivity index (χ1) is 12.1. The minimum atomic E-state index is -4.56. The molecule has 1 saturated heterocycles. The molecule has 0 unspecified atom stereocenters. The van der Waals surface area contributed by atoms with Gasteiger partial charge in [0.1, 0.15) is 11.8 Å². The number of hydrazine groups is 1. The number of amides is 1. The number of benzene rings is 2. The maximum Gasteiger partial charge on any atom is 0.409 e. The van der Waals surface area contributed by atoms with Crippen LogP contribution >= 0.6 is 0 Å². The van der Waals surface area contributed by atoms with Gasteiger partial charge in [-0.3, -0.25) is 10.2 Å². The Hall–Kier alpha value is -2.28. The van der Waals surface area contributed by atoms with Crippen LogP contribution in [0, 0.1) is 5.41 Å². The van der Waals surface area contributed by atoms with Gasteiger partial charge in [-0.1, -0.05) is 24.3 Å². The third-order valence-electron chi connectivity index (χ3n) is 4.51. The monoisotopic (exact) mass is 366 g/mol. The van der Waals surface area contributed by atoms with Gasteiger partial charge in [0, 0.05) is 11.9 Å². The van der Waals surface area contributed by atoms with E-state index in [1.165, 1.54) is 12.1 Å². The van der Waals surface area contributed by atoms with Crippen LogP contribution in [0.3, 0.4) is 0 Å². The molecule has 1 fully saturated rings. The van der Waals surface area contributed by atoms with E-state index in [2.05, 4.69) is 5.43 Å². The summed E-state index contributed by atoms with van der Waals surface area (Å²) in [6.07, 6.45) is -4.56. The molecule has 2 aromatic rings. The molecule has 0 radical (unpaired) electrons. The summed E-state index contributed by atoms with van der Waals surface area (Å²) in [5.74, 6) is -0.0165. The van der Waals surface area contributed by atoms with Gasteiger partial charge in [0.05, 0.1) is 12.0 Å². The maximum absolute atomic E-state index is 13.9. The highest BCUT2D eigenvalue weighted by atomic mass is 19.4. The number of hydrogen-bond acceptors (Lipinski definition) is 3. The summed E-state index contributed by atoms with van der Waals surface area (Å²) >= 11 is 0. The average molecular weight is 366 g/mol. The number of carbonyl (C=O) groups excluding carboxylic acids is 1. The van der Waals surface area contributed by atoms with Crippen LogP contribution < -0.4 is 10.2 Å². The summed E-state index contributed by atoms with van der Waals surface area (Å²) in [7, 11) is 0. The molecule has 1 aliphatic heterocycles. The molecule has 7 heteroatoms. The van der Waals surface area contributed by atoms with Crippen molar-refractivity contribution in [2.75, 3.05) is 13.2 Å². The van der Waals surface area contributed by atoms with Crippen molar-refractivity contribution in [2.45, 2.75) is 33.0 Å². The first kappa shape index (κ1) is 18.5. The zero-order chi connectivity index (χ0) is 19.1. The van der Waals surface area contributed by atoms with Crippen LogP contribution in [0.5, 0.6) is 5.75 Å². The summed E-state index contributed by atoms with van der Waals surface area (Å²) in [5, 5.41) is 2.39. The fourth-order valence-electron chi connectivity index (χ4n) is 3.25. The van der Waals surface area contributed by atoms with Gasteiger partial charge in [0.15, 0.2) is 0 Å². The smallest absolute Gasteiger partial charge is 0.409 e. The Morgan fingerprint density at radius 3 is 2.54 bits per heavy atom. The Morgan fingerprint density at radius 2 is 1.96 bits per heavy atom. The molecule has 1 aliphatic rings. The van der Waals surface area contributed by atoms with Gasteiger partial charge in [0.25, 0.3) is 0 Å². The maximum atomic E-state index is 13.9. The minimum Gasteiger partial charge on any atom is -0.493 e. The zero-order valence-electron chi connectivity index (χ0n) is 14.9. The van der Waals surface area contributed by atoms with Gasteiger partial charge in [-0.15, -0.1) is 0 Å². The molecule has 3 rings (SSSR count). The third-order valence-corrected chi connectivity index (χ3v) is 4.51. The van der Waals surface area contributed by atoms with Crippen molar-refractivity contribution in [2.24, 2.45) is 5.41 Å². The molecule has 0 bridgehead atoms. The van der Waals surface area contributed by atoms with E-state index in [0.717, 1.165) is 10.4 Å². The quantitative estimate of drug-likeness (QED) is 0.881. The average Bonchev–Trinajstić information content (AvgIpc) is 2.79. The summed E-state index contributed by atoms with van der Waals surface area (Å²) in [6.45, 7) is 5.35. The zero-order valence-corrected chi connectivity index (χ0v) is 14.9. The molecule has 1 atom stereocenters. The van der Waals surface area contributed by atoms with E-state index in [1.54, 1.807) is 32.9 Å². The van der Waals surface area contributed by atoms with Crippen molar-refractivity contribution in [3.05, 3.63) is 42.0 Å². The van der Waals surface area contributed by atoms with E-state index >= 15 is 0 Å². The second-order valence-corrected chi connectivity index (χ2v) is 7.07. The number of nitrogens with zero attached hydrogens (tertiary/aromatic N) is 1. The molecule has 26 heavy (non-hydrogen) atoms. The fourth-order valence-corrected chi connectivity index (χ4v) is 3.25. The van der Waals surface area contributed by atoms with Crippen LogP contribution in [0.4, 0.5) is 13.2 Å². The Morgan fingerprint density at radius 1 is 1.27 bits per heavy atom. The molecular weight excluding hydrogens is 345 g/mol. The van der Waals surface area contributed by atoms with Gasteiger partial charge in [-0.25, -0.2) is 5.01 Å². The van der Waals surface area contributed by atoms with Crippen LogP contribution in [-0.4, -0.2) is 30.2 Å². The molecule has 0 saturated carbocycles. The van der Waals surface area contributed by atoms with Crippen molar-refractivity contribution in [1.82, 2.24) is 10.4 Å². The van der Waals surface area contributed by atoms with E-state index in [4.69, 9.17) is 4.74 Å². The standard InChI is InChI=1S/C19H21F3N2O2/c1-4-26-15-10-13(9-12-7-5-6-8-14(12)15)16(19(20,21)22)24-11-18(2,3)17(25)23-24/h5-10,16H,4,11H2,1-3H3,(H,23,25)/t16-/m0/s1. The topological polar surface area (TPSA) is 41.6 Å². The van der Waals surface area contributed by atoms with Crippen LogP contribution in [-0.2, 0) is 4.79 Å². The number of rotatable bonds is 4. The van der Waals surface area contributed by atoms with E-state index in [1.807, 2.05) is 12.1 Å². The lowest BCUT2D eigenvalue weighted by atomic mass is 9.93. The van der Waals surface area contributed by atoms with E-state index in [-0.39, 0.29) is 12.1 Å². The Labute approximate surface area is 149 Å². The van der Waals surface area contributed by atoms with Gasteiger partial charge < -0.3 is 4.74 Å². The van der Waals surface area contributed by atoms with Crippen LogP contribution in [0.1, 0.15) is 32.4 Å². The molecule has 1 N–H and O–H groups in total. The van der Waals surface area contributed by atoms with Gasteiger partial charge >= 0.3 is 6.18 Å². The number of halogens is 3. The number of carbonyl (C=O) groups is 1. The van der Waals surface area contributed by atoms with Crippen molar-refractivity contribution in [3.63, 3.8) is 0 Å².